The molecule has 2 aromatic carbocycles. The minimum Gasteiger partial charge on any atom is -0.420 e. The number of carbonyl (C=O) groups excluding carboxylic acids is 4. The first-order valence-corrected chi connectivity index (χ1v) is 16.9. The summed E-state index contributed by atoms with van der Waals surface area (Å²) in [4.78, 5) is 54.7. The Labute approximate surface area is 279 Å². The minimum atomic E-state index is -1.35. The van der Waals surface area contributed by atoms with Crippen LogP contribution in [0.3, 0.4) is 0 Å². The average Bonchev–Trinajstić information content (AvgIpc) is 3.46. The van der Waals surface area contributed by atoms with E-state index in [0.29, 0.717) is 27.9 Å². The van der Waals surface area contributed by atoms with E-state index >= 15 is 0 Å². The van der Waals surface area contributed by atoms with E-state index in [9.17, 15) is 19.2 Å². The lowest BCUT2D eigenvalue weighted by atomic mass is 9.97. The van der Waals surface area contributed by atoms with Gasteiger partial charge < -0.3 is 14.8 Å². The fraction of sp³-hybridized carbons (Fsp3) is 0.387. The van der Waals surface area contributed by atoms with Crippen LogP contribution in [0.25, 0.3) is 0 Å². The van der Waals surface area contributed by atoms with Gasteiger partial charge in [-0.3, -0.25) is 19.3 Å². The van der Waals surface area contributed by atoms with Crippen LogP contribution < -0.4 is 5.32 Å². The first-order chi connectivity index (χ1) is 22.0. The number of alkyl halides is 1. The first kappa shape index (κ1) is 33.5. The number of ether oxygens (including phenoxy) is 2. The summed E-state index contributed by atoms with van der Waals surface area (Å²) in [7, 11) is 1.70. The number of amides is 2. The van der Waals surface area contributed by atoms with Crippen molar-refractivity contribution in [2.24, 2.45) is 12.5 Å². The zero-order valence-electron chi connectivity index (χ0n) is 25.6. The van der Waals surface area contributed by atoms with Crippen molar-refractivity contribution in [1.82, 2.24) is 30.4 Å². The van der Waals surface area contributed by atoms with Crippen LogP contribution in [-0.2, 0) is 48.0 Å². The molecule has 2 amide bonds. The highest BCUT2D eigenvalue weighted by Gasteiger charge is 2.54. The van der Waals surface area contributed by atoms with Crippen molar-refractivity contribution in [3.8, 4) is 0 Å². The highest BCUT2D eigenvalue weighted by Crippen LogP contribution is 2.42. The van der Waals surface area contributed by atoms with Gasteiger partial charge >= 0.3 is 11.9 Å². The maximum Gasteiger partial charge on any atom is 0.358 e. The zero-order valence-corrected chi connectivity index (χ0v) is 28.0. The third-order valence-corrected chi connectivity index (χ3v) is 9.91. The number of nitrogens with zero attached hydrogens (tertiary/aromatic N) is 5. The maximum absolute atomic E-state index is 14.0. The van der Waals surface area contributed by atoms with Crippen molar-refractivity contribution in [2.45, 2.75) is 55.9 Å². The van der Waals surface area contributed by atoms with Crippen LogP contribution in [-0.4, -0.2) is 71.8 Å². The predicted molar refractivity (Wildman–Crippen MR) is 172 cm³/mol. The Kier molecular flexibility index (Phi) is 10.4. The summed E-state index contributed by atoms with van der Waals surface area (Å²) in [5.74, 6) is -1.12. The molecular weight excluding hydrogens is 652 g/mol. The Morgan fingerprint density at radius 3 is 2.41 bits per heavy atom. The topological polar surface area (TPSA) is 146 Å². The number of hydrogen-bond donors (Lipinski definition) is 1. The Balaban J connectivity index is 1.38. The van der Waals surface area contributed by atoms with Crippen molar-refractivity contribution < 1.29 is 28.7 Å². The number of benzene rings is 2. The Bertz CT molecular complexity index is 1640. The molecule has 3 unspecified atom stereocenters. The van der Waals surface area contributed by atoms with E-state index in [1.165, 1.54) is 33.1 Å². The quantitative estimate of drug-likeness (QED) is 0.104. The smallest absolute Gasteiger partial charge is 0.358 e. The highest BCUT2D eigenvalue weighted by molar-refractivity contribution is 8.01. The van der Waals surface area contributed by atoms with Crippen molar-refractivity contribution in [2.75, 3.05) is 11.5 Å². The number of β-lactam (4-membered cyclic amide) rings is 1. The summed E-state index contributed by atoms with van der Waals surface area (Å²) < 4.78 is 13.0. The van der Waals surface area contributed by atoms with Crippen LogP contribution >= 0.6 is 35.1 Å². The van der Waals surface area contributed by atoms with Crippen LogP contribution in [0.15, 0.2) is 71.0 Å². The van der Waals surface area contributed by atoms with Gasteiger partial charge in [-0.05, 0) is 47.9 Å². The number of carbonyl (C=O) groups is 4. The number of tetrazole rings is 1. The van der Waals surface area contributed by atoms with Crippen molar-refractivity contribution in [3.63, 3.8) is 0 Å². The summed E-state index contributed by atoms with van der Waals surface area (Å²) in [6.45, 7) is 5.09. The molecule has 2 aliphatic heterocycles. The number of rotatable bonds is 11. The second-order valence-electron chi connectivity index (χ2n) is 11.7. The SMILES string of the molecule is Cn1nnnc1SCC1=C(C(=O)OC(OC(=O)C(C)(C)C)c2ccccc2)N2C(=O)C(NC(=O)Cc3ccc(CCl)cc3)C2SC1. The fourth-order valence-corrected chi connectivity index (χ4v) is 7.14. The molecule has 242 valence electrons. The number of fused-ring (bicyclic) bond motifs is 1. The summed E-state index contributed by atoms with van der Waals surface area (Å²) >= 11 is 8.60. The molecule has 5 rings (SSSR count). The highest BCUT2D eigenvalue weighted by atomic mass is 35.5. The van der Waals surface area contributed by atoms with Crippen LogP contribution in [0.5, 0.6) is 0 Å². The molecule has 2 aliphatic rings. The number of halogens is 1. The molecule has 3 heterocycles. The molecule has 0 bridgehead atoms. The molecule has 0 saturated carbocycles. The normalized spacial score (nSPS) is 18.4. The first-order valence-electron chi connectivity index (χ1n) is 14.4. The lowest BCUT2D eigenvalue weighted by Gasteiger charge is -2.49. The molecule has 0 aliphatic carbocycles. The molecular formula is C31H33ClN6O6S2. The second kappa shape index (κ2) is 14.3. The zero-order chi connectivity index (χ0) is 33.0. The average molecular weight is 685 g/mol. The third-order valence-electron chi connectivity index (χ3n) is 7.17. The van der Waals surface area contributed by atoms with E-state index in [4.69, 9.17) is 21.1 Å². The predicted octanol–water partition coefficient (Wildman–Crippen LogP) is 3.77. The Morgan fingerprint density at radius 2 is 1.78 bits per heavy atom. The summed E-state index contributed by atoms with van der Waals surface area (Å²) in [6.07, 6.45) is -1.27. The number of aryl methyl sites for hydroxylation is 1. The van der Waals surface area contributed by atoms with E-state index in [1.807, 2.05) is 24.3 Å². The van der Waals surface area contributed by atoms with Gasteiger partial charge in [-0.1, -0.05) is 66.4 Å². The molecule has 3 atom stereocenters. The number of aromatic nitrogens is 4. The van der Waals surface area contributed by atoms with Crippen molar-refractivity contribution in [1.29, 1.82) is 0 Å². The number of nitrogens with one attached hydrogen (secondary N) is 1. The van der Waals surface area contributed by atoms with Gasteiger partial charge in [-0.2, -0.15) is 0 Å². The summed E-state index contributed by atoms with van der Waals surface area (Å²) in [6, 6.07) is 15.2. The van der Waals surface area contributed by atoms with Gasteiger partial charge in [0.15, 0.2) is 0 Å². The van der Waals surface area contributed by atoms with Gasteiger partial charge in [0.25, 0.3) is 12.2 Å². The lowest BCUT2D eigenvalue weighted by Crippen LogP contribution is -2.70. The van der Waals surface area contributed by atoms with E-state index < -0.39 is 41.0 Å². The van der Waals surface area contributed by atoms with Gasteiger partial charge in [0.05, 0.1) is 11.8 Å². The third kappa shape index (κ3) is 7.56. The summed E-state index contributed by atoms with van der Waals surface area (Å²) in [5.41, 5.74) is 1.98. The molecule has 1 fully saturated rings. The van der Waals surface area contributed by atoms with Gasteiger partial charge in [-0.25, -0.2) is 9.48 Å². The fourth-order valence-electron chi connectivity index (χ4n) is 4.63. The molecule has 1 saturated heterocycles. The Morgan fingerprint density at radius 1 is 1.09 bits per heavy atom. The second-order valence-corrected chi connectivity index (χ2v) is 14.0. The molecule has 0 radical (unpaired) electrons. The Hall–Kier alpha value is -3.88. The number of esters is 2. The standard InChI is InChI=1S/C31H33ClN6O6S2/c1-31(2,3)29(42)44-28(20-8-6-5-7-9-20)43-27(41)24-21(17-46-30-34-35-36-37(30)4)16-45-26-23(25(40)38(24)26)33-22(39)14-18-10-12-19(15-32)13-11-18/h5-13,23,26,28H,14-17H2,1-4H3,(H,33,39). The van der Waals surface area contributed by atoms with E-state index in [0.717, 1.165) is 11.1 Å². The van der Waals surface area contributed by atoms with E-state index in [-0.39, 0.29) is 23.8 Å². The molecule has 46 heavy (non-hydrogen) atoms. The molecule has 12 nitrogen and oxygen atoms in total. The van der Waals surface area contributed by atoms with E-state index in [1.54, 1.807) is 58.2 Å². The van der Waals surface area contributed by atoms with Crippen LogP contribution in [0.2, 0.25) is 0 Å². The van der Waals surface area contributed by atoms with Crippen LogP contribution in [0, 0.1) is 5.41 Å². The van der Waals surface area contributed by atoms with Crippen molar-refractivity contribution in [3.05, 3.63) is 82.6 Å². The molecule has 0 spiro atoms. The van der Waals surface area contributed by atoms with Crippen molar-refractivity contribution >= 4 is 58.9 Å². The van der Waals surface area contributed by atoms with Gasteiger partial charge in [0, 0.05) is 30.0 Å². The van der Waals surface area contributed by atoms with Gasteiger partial charge in [0.1, 0.15) is 17.1 Å². The van der Waals surface area contributed by atoms with Gasteiger partial charge in [0.2, 0.25) is 11.1 Å². The molecule has 3 aromatic rings. The van der Waals surface area contributed by atoms with Crippen LogP contribution in [0.4, 0.5) is 0 Å². The largest absolute Gasteiger partial charge is 0.420 e. The maximum atomic E-state index is 14.0. The van der Waals surface area contributed by atoms with Gasteiger partial charge in [-0.15, -0.1) is 28.5 Å². The number of hydrogen-bond acceptors (Lipinski definition) is 11. The lowest BCUT2D eigenvalue weighted by molar-refractivity contribution is -0.195. The monoisotopic (exact) mass is 684 g/mol. The summed E-state index contributed by atoms with van der Waals surface area (Å²) in [5, 5.41) is 14.3. The van der Waals surface area contributed by atoms with Crippen LogP contribution in [0.1, 0.15) is 43.8 Å². The molecule has 1 aromatic heterocycles. The van der Waals surface area contributed by atoms with E-state index in [2.05, 4.69) is 20.8 Å². The minimum absolute atomic E-state index is 0.0475. The molecule has 15 heteroatoms. The number of thioether (sulfide) groups is 2. The molecule has 1 N–H and O–H groups in total.